The van der Waals surface area contributed by atoms with E-state index in [1.54, 1.807) is 0 Å². The minimum atomic E-state index is -0.718. The smallest absolute Gasteiger partial charge is 0.303 e. The highest BCUT2D eigenvalue weighted by Crippen LogP contribution is 2.07. The molecule has 0 heterocycles. The molecule has 1 atom stereocenters. The minimum absolute atomic E-state index is 0.246. The van der Waals surface area contributed by atoms with Gasteiger partial charge in [0.1, 0.15) is 0 Å². The maximum atomic E-state index is 10.3. The Hall–Kier alpha value is -1.09. The highest BCUT2D eigenvalue weighted by molar-refractivity contribution is 5.66. The lowest BCUT2D eigenvalue weighted by Crippen LogP contribution is -2.03. The molecule has 0 aromatic rings. The van der Waals surface area contributed by atoms with Gasteiger partial charge < -0.3 is 10.2 Å². The molecule has 3 heteroatoms. The van der Waals surface area contributed by atoms with Crippen molar-refractivity contribution < 1.29 is 15.0 Å². The predicted molar refractivity (Wildman–Crippen MR) is 88.4 cm³/mol. The fourth-order valence-electron chi connectivity index (χ4n) is 2.06. The van der Waals surface area contributed by atoms with Crippen molar-refractivity contribution in [3.8, 4) is 0 Å². The van der Waals surface area contributed by atoms with Crippen LogP contribution in [0.5, 0.6) is 0 Å². The Balaban J connectivity index is 3.39. The summed E-state index contributed by atoms with van der Waals surface area (Å²) in [6.45, 7) is 2.20. The summed E-state index contributed by atoms with van der Waals surface area (Å²) >= 11 is 0. The summed E-state index contributed by atoms with van der Waals surface area (Å²) in [5, 5.41) is 18.3. The van der Waals surface area contributed by atoms with Gasteiger partial charge in [0.15, 0.2) is 0 Å². The van der Waals surface area contributed by atoms with E-state index in [9.17, 15) is 9.90 Å². The molecule has 0 saturated carbocycles. The molecule has 0 radical (unpaired) electrons. The Morgan fingerprint density at radius 3 is 2.24 bits per heavy atom. The fourth-order valence-corrected chi connectivity index (χ4v) is 2.06. The first-order chi connectivity index (χ1) is 10.2. The Bertz CT molecular complexity index is 295. The van der Waals surface area contributed by atoms with Crippen molar-refractivity contribution in [2.75, 3.05) is 0 Å². The number of allylic oxidation sites excluding steroid dienone is 3. The van der Waals surface area contributed by atoms with Crippen LogP contribution in [0.15, 0.2) is 24.3 Å². The Kier molecular flexibility index (Phi) is 14.5. The van der Waals surface area contributed by atoms with Gasteiger partial charge in [0.2, 0.25) is 0 Å². The Morgan fingerprint density at radius 2 is 1.57 bits per heavy atom. The molecule has 0 amide bonds. The van der Waals surface area contributed by atoms with Crippen LogP contribution < -0.4 is 0 Å². The molecular weight excluding hydrogens is 264 g/mol. The molecular formula is C18H32O3. The molecule has 0 fully saturated rings. The van der Waals surface area contributed by atoms with Gasteiger partial charge in [0.05, 0.1) is 6.10 Å². The van der Waals surface area contributed by atoms with Crippen LogP contribution in [0, 0.1) is 0 Å². The predicted octanol–water partition coefficient (Wildman–Crippen LogP) is 4.86. The van der Waals surface area contributed by atoms with Gasteiger partial charge in [-0.2, -0.15) is 0 Å². The van der Waals surface area contributed by atoms with E-state index in [1.807, 2.05) is 0 Å². The number of aliphatic hydroxyl groups is 1. The third kappa shape index (κ3) is 16.9. The van der Waals surface area contributed by atoms with Gasteiger partial charge in [-0.15, -0.1) is 0 Å². The lowest BCUT2D eigenvalue weighted by molar-refractivity contribution is -0.137. The average Bonchev–Trinajstić information content (AvgIpc) is 2.45. The molecule has 0 aromatic heterocycles. The molecule has 0 rings (SSSR count). The first-order valence-electron chi connectivity index (χ1n) is 8.36. The molecule has 0 aliphatic rings. The molecule has 0 aliphatic heterocycles. The summed E-state index contributed by atoms with van der Waals surface area (Å²) in [6.07, 6.45) is 18.4. The zero-order chi connectivity index (χ0) is 15.8. The summed E-state index contributed by atoms with van der Waals surface area (Å²) in [5.41, 5.74) is 0. The van der Waals surface area contributed by atoms with E-state index in [2.05, 4.69) is 31.2 Å². The number of aliphatic hydroxyl groups excluding tert-OH is 1. The van der Waals surface area contributed by atoms with E-state index in [-0.39, 0.29) is 12.5 Å². The van der Waals surface area contributed by atoms with Crippen LogP contribution >= 0.6 is 0 Å². The number of carboxylic acid groups (broad SMARTS) is 1. The fraction of sp³-hybridized carbons (Fsp3) is 0.722. The number of hydrogen-bond acceptors (Lipinski definition) is 2. The van der Waals surface area contributed by atoms with Crippen LogP contribution in [0.2, 0.25) is 0 Å². The van der Waals surface area contributed by atoms with Crippen LogP contribution in [0.3, 0.4) is 0 Å². The lowest BCUT2D eigenvalue weighted by Gasteiger charge is -2.05. The van der Waals surface area contributed by atoms with E-state index < -0.39 is 5.97 Å². The normalized spacial score (nSPS) is 13.2. The number of carboxylic acids is 1. The molecule has 0 aromatic carbocycles. The maximum absolute atomic E-state index is 10.3. The van der Waals surface area contributed by atoms with Crippen molar-refractivity contribution in [3.63, 3.8) is 0 Å². The number of aliphatic carboxylic acids is 1. The van der Waals surface area contributed by atoms with Crippen molar-refractivity contribution in [3.05, 3.63) is 24.3 Å². The van der Waals surface area contributed by atoms with Gasteiger partial charge >= 0.3 is 5.97 Å². The summed E-state index contributed by atoms with van der Waals surface area (Å²) in [4.78, 5) is 10.3. The van der Waals surface area contributed by atoms with E-state index >= 15 is 0 Å². The van der Waals surface area contributed by atoms with Crippen molar-refractivity contribution in [2.24, 2.45) is 0 Å². The highest BCUT2D eigenvalue weighted by atomic mass is 16.4. The average molecular weight is 296 g/mol. The number of unbranched alkanes of at least 4 members (excludes halogenated alkanes) is 5. The summed E-state index contributed by atoms with van der Waals surface area (Å²) < 4.78 is 0. The van der Waals surface area contributed by atoms with E-state index in [0.717, 1.165) is 44.9 Å². The molecule has 0 saturated heterocycles. The van der Waals surface area contributed by atoms with Crippen LogP contribution in [0.25, 0.3) is 0 Å². The van der Waals surface area contributed by atoms with E-state index in [0.29, 0.717) is 0 Å². The lowest BCUT2D eigenvalue weighted by atomic mass is 10.1. The van der Waals surface area contributed by atoms with Crippen LogP contribution in [0.4, 0.5) is 0 Å². The Labute approximate surface area is 129 Å². The maximum Gasteiger partial charge on any atom is 0.303 e. The largest absolute Gasteiger partial charge is 0.481 e. The third-order valence-corrected chi connectivity index (χ3v) is 3.39. The summed E-state index contributed by atoms with van der Waals surface area (Å²) in [6, 6.07) is 0. The van der Waals surface area contributed by atoms with Crippen molar-refractivity contribution >= 4 is 5.97 Å². The molecule has 0 bridgehead atoms. The zero-order valence-corrected chi connectivity index (χ0v) is 13.5. The number of carbonyl (C=O) groups is 1. The second-order valence-corrected chi connectivity index (χ2v) is 5.54. The monoisotopic (exact) mass is 296 g/mol. The topological polar surface area (TPSA) is 57.5 Å². The van der Waals surface area contributed by atoms with Gasteiger partial charge in [-0.1, -0.05) is 44.1 Å². The van der Waals surface area contributed by atoms with E-state index in [4.69, 9.17) is 5.11 Å². The highest BCUT2D eigenvalue weighted by Gasteiger charge is 1.99. The van der Waals surface area contributed by atoms with Crippen molar-refractivity contribution in [1.29, 1.82) is 0 Å². The van der Waals surface area contributed by atoms with Crippen molar-refractivity contribution in [1.82, 2.24) is 0 Å². The SMILES string of the molecule is CCCCCC=CCC(O)CCC=CCCCCC(=O)O. The molecule has 1 unspecified atom stereocenters. The second-order valence-electron chi connectivity index (χ2n) is 5.54. The van der Waals surface area contributed by atoms with Gasteiger partial charge in [-0.05, 0) is 51.4 Å². The standard InChI is InChI=1S/C18H32O3/c1-2-3-4-5-8-11-14-17(19)15-12-9-6-7-10-13-16-18(20)21/h6,8-9,11,17,19H,2-5,7,10,12-16H2,1H3,(H,20,21). The van der Waals surface area contributed by atoms with Gasteiger partial charge in [0, 0.05) is 6.42 Å². The number of rotatable bonds is 14. The first-order valence-corrected chi connectivity index (χ1v) is 8.36. The second kappa shape index (κ2) is 15.3. The molecule has 0 aliphatic carbocycles. The molecule has 122 valence electrons. The van der Waals surface area contributed by atoms with Gasteiger partial charge in [-0.25, -0.2) is 0 Å². The van der Waals surface area contributed by atoms with Crippen molar-refractivity contribution in [2.45, 2.75) is 83.7 Å². The van der Waals surface area contributed by atoms with Crippen LogP contribution in [-0.2, 0) is 4.79 Å². The van der Waals surface area contributed by atoms with Crippen LogP contribution in [0.1, 0.15) is 77.6 Å². The van der Waals surface area contributed by atoms with E-state index in [1.165, 1.54) is 19.3 Å². The molecule has 0 spiro atoms. The number of hydrogen-bond donors (Lipinski definition) is 2. The molecule has 2 N–H and O–H groups in total. The minimum Gasteiger partial charge on any atom is -0.481 e. The summed E-state index contributed by atoms with van der Waals surface area (Å²) in [5.74, 6) is -0.718. The molecule has 3 nitrogen and oxygen atoms in total. The molecule has 21 heavy (non-hydrogen) atoms. The summed E-state index contributed by atoms with van der Waals surface area (Å²) in [7, 11) is 0. The first kappa shape index (κ1) is 19.9. The van der Waals surface area contributed by atoms with Gasteiger partial charge in [-0.3, -0.25) is 4.79 Å². The zero-order valence-electron chi connectivity index (χ0n) is 13.5. The third-order valence-electron chi connectivity index (χ3n) is 3.39. The van der Waals surface area contributed by atoms with Crippen LogP contribution in [-0.4, -0.2) is 22.3 Å². The quantitative estimate of drug-likeness (QED) is 0.355. The van der Waals surface area contributed by atoms with Gasteiger partial charge in [0.25, 0.3) is 0 Å². The Morgan fingerprint density at radius 1 is 0.952 bits per heavy atom.